The zero-order valence-corrected chi connectivity index (χ0v) is 19.1. The van der Waals surface area contributed by atoms with Gasteiger partial charge < -0.3 is 23.7 Å². The van der Waals surface area contributed by atoms with Crippen LogP contribution in [0.5, 0.6) is 28.7 Å². The first-order valence-electron chi connectivity index (χ1n) is 9.06. The van der Waals surface area contributed by atoms with E-state index in [1.54, 1.807) is 24.3 Å². The summed E-state index contributed by atoms with van der Waals surface area (Å²) in [5.74, 6) is 2.84. The highest BCUT2D eigenvalue weighted by molar-refractivity contribution is 8.01. The fraction of sp³-hybridized carbons (Fsp3) is 0.400. The molecule has 164 valence electrons. The number of benzene rings is 2. The van der Waals surface area contributed by atoms with E-state index >= 15 is 0 Å². The maximum Gasteiger partial charge on any atom is 0.248 e. The van der Waals surface area contributed by atoms with Gasteiger partial charge >= 0.3 is 0 Å². The zero-order valence-electron chi connectivity index (χ0n) is 17.5. The molecular formula is C20H25NO7S2. The van der Waals surface area contributed by atoms with Crippen LogP contribution in [-0.2, 0) is 10.0 Å². The van der Waals surface area contributed by atoms with E-state index in [9.17, 15) is 8.42 Å². The van der Waals surface area contributed by atoms with Gasteiger partial charge in [-0.05, 0) is 18.2 Å². The van der Waals surface area contributed by atoms with Crippen molar-refractivity contribution in [3.63, 3.8) is 0 Å². The van der Waals surface area contributed by atoms with Crippen molar-refractivity contribution in [3.05, 3.63) is 35.9 Å². The first-order chi connectivity index (χ1) is 14.4. The Bertz CT molecular complexity index is 1010. The average Bonchev–Trinajstić information content (AvgIpc) is 3.28. The lowest BCUT2D eigenvalue weighted by atomic mass is 10.1. The summed E-state index contributed by atoms with van der Waals surface area (Å²) < 4.78 is 55.5. The molecule has 0 spiro atoms. The van der Waals surface area contributed by atoms with Gasteiger partial charge in [-0.1, -0.05) is 0 Å². The Labute approximate surface area is 181 Å². The van der Waals surface area contributed by atoms with Gasteiger partial charge in [-0.2, -0.15) is 4.31 Å². The SMILES string of the molecule is COc1ccc(OC)c(S(=O)(=O)N2CCSC2c2cc(OC)c(OC)cc2OC)c1. The Balaban J connectivity index is 2.10. The molecule has 1 heterocycles. The van der Waals surface area contributed by atoms with Crippen molar-refractivity contribution < 1.29 is 32.1 Å². The fourth-order valence-corrected chi connectivity index (χ4v) is 6.72. The molecule has 0 N–H and O–H groups in total. The molecule has 2 aromatic carbocycles. The van der Waals surface area contributed by atoms with Crippen LogP contribution in [0.2, 0.25) is 0 Å². The van der Waals surface area contributed by atoms with Crippen molar-refractivity contribution in [2.75, 3.05) is 47.8 Å². The van der Waals surface area contributed by atoms with Gasteiger partial charge in [-0.3, -0.25) is 0 Å². The predicted molar refractivity (Wildman–Crippen MR) is 115 cm³/mol. The smallest absolute Gasteiger partial charge is 0.248 e. The molecule has 0 aliphatic carbocycles. The van der Waals surface area contributed by atoms with Crippen LogP contribution in [0.4, 0.5) is 0 Å². The Hall–Kier alpha value is -2.30. The lowest BCUT2D eigenvalue weighted by Gasteiger charge is -2.26. The molecule has 0 saturated carbocycles. The summed E-state index contributed by atoms with van der Waals surface area (Å²) in [5, 5.41) is -0.499. The Morgan fingerprint density at radius 3 is 2.07 bits per heavy atom. The third kappa shape index (κ3) is 3.99. The normalized spacial score (nSPS) is 16.9. The number of thioether (sulfide) groups is 1. The molecule has 0 aromatic heterocycles. The maximum atomic E-state index is 13.6. The van der Waals surface area contributed by atoms with Gasteiger partial charge in [-0.15, -0.1) is 11.8 Å². The van der Waals surface area contributed by atoms with Crippen molar-refractivity contribution in [2.45, 2.75) is 10.3 Å². The van der Waals surface area contributed by atoms with Gasteiger partial charge in [0.05, 0.1) is 40.9 Å². The van der Waals surface area contributed by atoms with Crippen molar-refractivity contribution in [2.24, 2.45) is 0 Å². The summed E-state index contributed by atoms with van der Waals surface area (Å²) in [6.07, 6.45) is 0. The fourth-order valence-electron chi connectivity index (χ4n) is 3.30. The quantitative estimate of drug-likeness (QED) is 0.600. The van der Waals surface area contributed by atoms with Gasteiger partial charge in [0, 0.05) is 30.0 Å². The molecule has 2 aromatic rings. The third-order valence-electron chi connectivity index (χ3n) is 4.81. The summed E-state index contributed by atoms with van der Waals surface area (Å²) in [6.45, 7) is 0.343. The number of ether oxygens (including phenoxy) is 5. The molecule has 0 radical (unpaired) electrons. The van der Waals surface area contributed by atoms with Crippen LogP contribution in [0.15, 0.2) is 35.2 Å². The first kappa shape index (κ1) is 22.4. The molecule has 1 aliphatic rings. The van der Waals surface area contributed by atoms with Gasteiger partial charge in [0.25, 0.3) is 0 Å². The monoisotopic (exact) mass is 455 g/mol. The van der Waals surface area contributed by atoms with Crippen LogP contribution in [-0.4, -0.2) is 60.6 Å². The second-order valence-electron chi connectivity index (χ2n) is 6.30. The highest BCUT2D eigenvalue weighted by Gasteiger charge is 2.40. The van der Waals surface area contributed by atoms with Crippen molar-refractivity contribution in [3.8, 4) is 28.7 Å². The molecule has 8 nitrogen and oxygen atoms in total. The van der Waals surface area contributed by atoms with Gasteiger partial charge in [0.1, 0.15) is 22.1 Å². The number of hydrogen-bond donors (Lipinski definition) is 0. The lowest BCUT2D eigenvalue weighted by Crippen LogP contribution is -2.31. The van der Waals surface area contributed by atoms with Gasteiger partial charge in [0.2, 0.25) is 10.0 Å². The largest absolute Gasteiger partial charge is 0.497 e. The third-order valence-corrected chi connectivity index (χ3v) is 8.07. The van der Waals surface area contributed by atoms with Crippen molar-refractivity contribution in [1.82, 2.24) is 4.31 Å². The predicted octanol–water partition coefficient (Wildman–Crippen LogP) is 3.17. The summed E-state index contributed by atoms with van der Waals surface area (Å²) in [6, 6.07) is 8.17. The molecule has 1 atom stereocenters. The minimum Gasteiger partial charge on any atom is -0.497 e. The van der Waals surface area contributed by atoms with E-state index in [2.05, 4.69) is 0 Å². The van der Waals surface area contributed by atoms with E-state index in [1.807, 2.05) is 0 Å². The summed E-state index contributed by atoms with van der Waals surface area (Å²) in [4.78, 5) is 0.0521. The molecule has 1 unspecified atom stereocenters. The summed E-state index contributed by atoms with van der Waals surface area (Å²) in [5.41, 5.74) is 0.683. The molecule has 30 heavy (non-hydrogen) atoms. The minimum atomic E-state index is -3.89. The van der Waals surface area contributed by atoms with Crippen molar-refractivity contribution in [1.29, 1.82) is 0 Å². The molecule has 1 fully saturated rings. The minimum absolute atomic E-state index is 0.0521. The van der Waals surface area contributed by atoms with Crippen LogP contribution in [0.3, 0.4) is 0 Å². The lowest BCUT2D eigenvalue weighted by molar-refractivity contribution is 0.344. The Morgan fingerprint density at radius 1 is 0.833 bits per heavy atom. The van der Waals surface area contributed by atoms with E-state index in [0.717, 1.165) is 0 Å². The van der Waals surface area contributed by atoms with Gasteiger partial charge in [-0.25, -0.2) is 8.42 Å². The van der Waals surface area contributed by atoms with Crippen LogP contribution >= 0.6 is 11.8 Å². The number of nitrogens with zero attached hydrogens (tertiary/aromatic N) is 1. The van der Waals surface area contributed by atoms with E-state index in [1.165, 1.54) is 57.7 Å². The van der Waals surface area contributed by atoms with E-state index in [0.29, 0.717) is 40.9 Å². The first-order valence-corrected chi connectivity index (χ1v) is 11.6. The number of rotatable bonds is 8. The molecular weight excluding hydrogens is 430 g/mol. The summed E-state index contributed by atoms with van der Waals surface area (Å²) >= 11 is 1.51. The topological polar surface area (TPSA) is 83.5 Å². The number of hydrogen-bond acceptors (Lipinski definition) is 8. The molecule has 3 rings (SSSR count). The Kier molecular flexibility index (Phi) is 6.89. The van der Waals surface area contributed by atoms with E-state index in [-0.39, 0.29) is 10.6 Å². The number of sulfonamides is 1. The van der Waals surface area contributed by atoms with Crippen LogP contribution < -0.4 is 23.7 Å². The van der Waals surface area contributed by atoms with E-state index < -0.39 is 15.4 Å². The van der Waals surface area contributed by atoms with Crippen LogP contribution in [0, 0.1) is 0 Å². The van der Waals surface area contributed by atoms with Gasteiger partial charge in [0.15, 0.2) is 11.5 Å². The highest BCUT2D eigenvalue weighted by atomic mass is 32.2. The zero-order chi connectivity index (χ0) is 21.9. The second-order valence-corrected chi connectivity index (χ2v) is 9.35. The van der Waals surface area contributed by atoms with Crippen LogP contribution in [0.1, 0.15) is 10.9 Å². The summed E-state index contributed by atoms with van der Waals surface area (Å²) in [7, 11) is 3.64. The molecule has 0 bridgehead atoms. The maximum absolute atomic E-state index is 13.6. The van der Waals surface area contributed by atoms with Crippen molar-refractivity contribution >= 4 is 21.8 Å². The number of methoxy groups -OCH3 is 5. The molecule has 1 aliphatic heterocycles. The highest BCUT2D eigenvalue weighted by Crippen LogP contribution is 2.48. The molecule has 10 heteroatoms. The van der Waals surface area contributed by atoms with E-state index in [4.69, 9.17) is 23.7 Å². The molecule has 0 amide bonds. The average molecular weight is 456 g/mol. The standard InChI is InChI=1S/C20H25NO7S2/c1-24-13-6-7-15(25-2)19(10-13)30(22,23)21-8-9-29-20(21)14-11-17(27-4)18(28-5)12-16(14)26-3/h6-7,10-12,20H,8-9H2,1-5H3. The van der Waals surface area contributed by atoms with Crippen LogP contribution in [0.25, 0.3) is 0 Å². The Morgan fingerprint density at radius 2 is 1.47 bits per heavy atom. The second kappa shape index (κ2) is 9.23. The molecule has 1 saturated heterocycles.